The van der Waals surface area contributed by atoms with Gasteiger partial charge in [-0.3, -0.25) is 0 Å². The van der Waals surface area contributed by atoms with Crippen LogP contribution in [0.1, 0.15) is 28.4 Å². The lowest BCUT2D eigenvalue weighted by molar-refractivity contribution is 0.0697. The molecule has 0 aliphatic heterocycles. The molecule has 0 aromatic heterocycles. The van der Waals surface area contributed by atoms with E-state index in [1.807, 2.05) is 6.07 Å². The number of nitrogens with zero attached hydrogens (tertiary/aromatic N) is 1. The maximum Gasteiger partial charge on any atom is 0.336 e. The molecule has 2 rings (SSSR count). The molecule has 0 bridgehead atoms. The molecule has 2 aromatic rings. The summed E-state index contributed by atoms with van der Waals surface area (Å²) in [5.41, 5.74) is 1.35. The molecule has 0 heterocycles. The number of hydrogen-bond acceptors (Lipinski definition) is 2. The van der Waals surface area contributed by atoms with Gasteiger partial charge in [-0.05, 0) is 35.7 Å². The zero-order valence-corrected chi connectivity index (χ0v) is 10.9. The second-order valence-electron chi connectivity index (χ2n) is 4.31. The van der Waals surface area contributed by atoms with E-state index in [1.54, 1.807) is 31.2 Å². The number of aryl methyl sites for hydroxylation is 1. The summed E-state index contributed by atoms with van der Waals surface area (Å²) in [6.45, 7) is 1.81. The molecule has 0 saturated carbocycles. The Balaban J connectivity index is 2.69. The van der Waals surface area contributed by atoms with Crippen LogP contribution in [0.3, 0.4) is 0 Å². The second kappa shape index (κ2) is 5.54. The molecule has 0 spiro atoms. The molecule has 0 aliphatic rings. The number of benzene rings is 2. The lowest BCUT2D eigenvalue weighted by Crippen LogP contribution is -2.04. The predicted octanol–water partition coefficient (Wildman–Crippen LogP) is 3.62. The zero-order valence-electron chi connectivity index (χ0n) is 10.9. The summed E-state index contributed by atoms with van der Waals surface area (Å²) in [6.07, 6.45) is 0.481. The van der Waals surface area contributed by atoms with Crippen LogP contribution in [0.5, 0.6) is 0 Å². The van der Waals surface area contributed by atoms with Crippen molar-refractivity contribution >= 4 is 5.97 Å². The van der Waals surface area contributed by atoms with Gasteiger partial charge in [0.25, 0.3) is 0 Å². The molecule has 20 heavy (non-hydrogen) atoms. The SMILES string of the molecule is CCc1ccc(C(=O)O)c(-c2ccc(C#N)cc2)c1F. The van der Waals surface area contributed by atoms with Crippen LogP contribution >= 0.6 is 0 Å². The zero-order chi connectivity index (χ0) is 14.7. The van der Waals surface area contributed by atoms with Crippen molar-refractivity contribution in [3.63, 3.8) is 0 Å². The first-order chi connectivity index (χ1) is 9.58. The topological polar surface area (TPSA) is 61.1 Å². The molecular formula is C16H12FNO2. The van der Waals surface area contributed by atoms with Gasteiger partial charge in [0, 0.05) is 5.56 Å². The summed E-state index contributed by atoms with van der Waals surface area (Å²) in [5, 5.41) is 18.0. The summed E-state index contributed by atoms with van der Waals surface area (Å²) in [5.74, 6) is -1.69. The van der Waals surface area contributed by atoms with E-state index >= 15 is 0 Å². The van der Waals surface area contributed by atoms with Crippen LogP contribution in [0.15, 0.2) is 36.4 Å². The Kier molecular flexibility index (Phi) is 3.81. The average Bonchev–Trinajstić information content (AvgIpc) is 2.47. The van der Waals surface area contributed by atoms with Crippen molar-refractivity contribution in [1.82, 2.24) is 0 Å². The standard InChI is InChI=1S/C16H12FNO2/c1-2-11-7-8-13(16(19)20)14(15(11)17)12-5-3-10(9-18)4-6-12/h3-8H,2H2,1H3,(H,19,20). The fraction of sp³-hybridized carbons (Fsp3) is 0.125. The fourth-order valence-corrected chi connectivity index (χ4v) is 2.06. The normalized spacial score (nSPS) is 10.1. The van der Waals surface area contributed by atoms with Crippen LogP contribution in [0, 0.1) is 17.1 Å². The third-order valence-corrected chi connectivity index (χ3v) is 3.14. The Labute approximate surface area is 115 Å². The van der Waals surface area contributed by atoms with Crippen LogP contribution in [0.25, 0.3) is 11.1 Å². The number of carboxylic acid groups (broad SMARTS) is 1. The van der Waals surface area contributed by atoms with Gasteiger partial charge in [0.2, 0.25) is 0 Å². The minimum Gasteiger partial charge on any atom is -0.478 e. The van der Waals surface area contributed by atoms with Gasteiger partial charge >= 0.3 is 5.97 Å². The van der Waals surface area contributed by atoms with Crippen LogP contribution in [-0.2, 0) is 6.42 Å². The number of carboxylic acids is 1. The van der Waals surface area contributed by atoms with Gasteiger partial charge in [-0.25, -0.2) is 9.18 Å². The summed E-state index contributed by atoms with van der Waals surface area (Å²) in [4.78, 5) is 11.3. The third-order valence-electron chi connectivity index (χ3n) is 3.14. The first-order valence-corrected chi connectivity index (χ1v) is 6.13. The number of aromatic carboxylic acids is 1. The fourth-order valence-electron chi connectivity index (χ4n) is 2.06. The van der Waals surface area contributed by atoms with E-state index in [4.69, 9.17) is 5.26 Å². The smallest absolute Gasteiger partial charge is 0.336 e. The largest absolute Gasteiger partial charge is 0.478 e. The molecule has 100 valence electrons. The molecular weight excluding hydrogens is 257 g/mol. The van der Waals surface area contributed by atoms with E-state index in [0.29, 0.717) is 23.1 Å². The number of halogens is 1. The highest BCUT2D eigenvalue weighted by atomic mass is 19.1. The van der Waals surface area contributed by atoms with Crippen LogP contribution in [0.4, 0.5) is 4.39 Å². The summed E-state index contributed by atoms with van der Waals surface area (Å²) >= 11 is 0. The summed E-state index contributed by atoms with van der Waals surface area (Å²) < 4.78 is 14.4. The Morgan fingerprint density at radius 1 is 1.25 bits per heavy atom. The molecule has 0 atom stereocenters. The van der Waals surface area contributed by atoms with Gasteiger partial charge in [-0.1, -0.05) is 25.1 Å². The minimum atomic E-state index is -1.18. The molecule has 0 unspecified atom stereocenters. The summed E-state index contributed by atoms with van der Waals surface area (Å²) in [7, 11) is 0. The molecule has 4 heteroatoms. The van der Waals surface area contributed by atoms with Crippen molar-refractivity contribution in [2.75, 3.05) is 0 Å². The first-order valence-electron chi connectivity index (χ1n) is 6.13. The first kappa shape index (κ1) is 13.8. The van der Waals surface area contributed by atoms with Crippen molar-refractivity contribution in [2.45, 2.75) is 13.3 Å². The second-order valence-corrected chi connectivity index (χ2v) is 4.31. The molecule has 3 nitrogen and oxygen atoms in total. The minimum absolute atomic E-state index is 0.0707. The molecule has 0 fully saturated rings. The van der Waals surface area contributed by atoms with Crippen LogP contribution in [-0.4, -0.2) is 11.1 Å². The van der Waals surface area contributed by atoms with Gasteiger partial charge in [-0.2, -0.15) is 5.26 Å². The summed E-state index contributed by atoms with van der Waals surface area (Å²) in [6, 6.07) is 11.1. The third kappa shape index (κ3) is 2.39. The van der Waals surface area contributed by atoms with E-state index in [9.17, 15) is 14.3 Å². The lowest BCUT2D eigenvalue weighted by atomic mass is 9.95. The van der Waals surface area contributed by atoms with E-state index in [0.717, 1.165) is 0 Å². The lowest BCUT2D eigenvalue weighted by Gasteiger charge is -2.11. The highest BCUT2D eigenvalue weighted by molar-refractivity contribution is 5.96. The molecule has 1 N–H and O–H groups in total. The highest BCUT2D eigenvalue weighted by Crippen LogP contribution is 2.29. The van der Waals surface area contributed by atoms with E-state index in [-0.39, 0.29) is 11.1 Å². The highest BCUT2D eigenvalue weighted by Gasteiger charge is 2.18. The van der Waals surface area contributed by atoms with E-state index in [1.165, 1.54) is 12.1 Å². The van der Waals surface area contributed by atoms with Gasteiger partial charge in [0.15, 0.2) is 0 Å². The average molecular weight is 269 g/mol. The van der Waals surface area contributed by atoms with Gasteiger partial charge in [0.05, 0.1) is 17.2 Å². The molecule has 2 aromatic carbocycles. The van der Waals surface area contributed by atoms with Crippen molar-refractivity contribution in [3.8, 4) is 17.2 Å². The van der Waals surface area contributed by atoms with Gasteiger partial charge < -0.3 is 5.11 Å². The van der Waals surface area contributed by atoms with Crippen molar-refractivity contribution in [1.29, 1.82) is 5.26 Å². The van der Waals surface area contributed by atoms with Crippen LogP contribution in [0.2, 0.25) is 0 Å². The number of carbonyl (C=O) groups is 1. The van der Waals surface area contributed by atoms with E-state index < -0.39 is 11.8 Å². The van der Waals surface area contributed by atoms with Gasteiger partial charge in [0.1, 0.15) is 5.82 Å². The molecule has 0 saturated heterocycles. The maximum absolute atomic E-state index is 14.4. The Hall–Kier alpha value is -2.67. The molecule has 0 radical (unpaired) electrons. The quantitative estimate of drug-likeness (QED) is 0.925. The Morgan fingerprint density at radius 3 is 2.40 bits per heavy atom. The van der Waals surface area contributed by atoms with Crippen LogP contribution < -0.4 is 0 Å². The predicted molar refractivity (Wildman–Crippen MR) is 72.9 cm³/mol. The Morgan fingerprint density at radius 2 is 1.90 bits per heavy atom. The number of hydrogen-bond donors (Lipinski definition) is 1. The van der Waals surface area contributed by atoms with Crippen molar-refractivity contribution in [3.05, 3.63) is 58.9 Å². The van der Waals surface area contributed by atoms with Crippen molar-refractivity contribution in [2.24, 2.45) is 0 Å². The number of nitriles is 1. The monoisotopic (exact) mass is 269 g/mol. The van der Waals surface area contributed by atoms with E-state index in [2.05, 4.69) is 0 Å². The molecule has 0 amide bonds. The Bertz CT molecular complexity index is 700. The molecule has 0 aliphatic carbocycles. The maximum atomic E-state index is 14.4. The number of rotatable bonds is 3. The van der Waals surface area contributed by atoms with Crippen molar-refractivity contribution < 1.29 is 14.3 Å². The van der Waals surface area contributed by atoms with Gasteiger partial charge in [-0.15, -0.1) is 0 Å².